The standard InChI is InChI=1S/C13H19N5O/c1-8-4-3-5-9(2)18(8)15-11-7-6-10(14)12-13(11)17-19-16-12/h6-9,15H,3-5,14H2,1-2H3. The van der Waals surface area contributed by atoms with Crippen molar-refractivity contribution in [2.75, 3.05) is 11.2 Å². The van der Waals surface area contributed by atoms with Crippen molar-refractivity contribution >= 4 is 22.4 Å². The number of benzene rings is 1. The lowest BCUT2D eigenvalue weighted by Gasteiger charge is -2.39. The maximum absolute atomic E-state index is 5.85. The number of piperidine rings is 1. The first kappa shape index (κ1) is 12.2. The average Bonchev–Trinajstić information content (AvgIpc) is 2.87. The Labute approximate surface area is 111 Å². The minimum absolute atomic E-state index is 0.496. The molecule has 0 saturated carbocycles. The average molecular weight is 261 g/mol. The Hall–Kier alpha value is -1.82. The van der Waals surface area contributed by atoms with Gasteiger partial charge < -0.3 is 11.2 Å². The second-order valence-corrected chi connectivity index (χ2v) is 5.31. The predicted molar refractivity (Wildman–Crippen MR) is 74.5 cm³/mol. The molecular formula is C13H19N5O. The molecule has 6 heteroatoms. The largest absolute Gasteiger partial charge is 0.397 e. The van der Waals surface area contributed by atoms with E-state index in [1.807, 2.05) is 12.1 Å². The molecule has 0 spiro atoms. The van der Waals surface area contributed by atoms with Gasteiger partial charge in [-0.15, -0.1) is 0 Å². The van der Waals surface area contributed by atoms with Crippen molar-refractivity contribution in [3.63, 3.8) is 0 Å². The third-order valence-electron chi connectivity index (χ3n) is 3.89. The van der Waals surface area contributed by atoms with Crippen molar-refractivity contribution in [1.29, 1.82) is 0 Å². The van der Waals surface area contributed by atoms with Gasteiger partial charge in [0, 0.05) is 12.1 Å². The molecule has 102 valence electrons. The molecule has 1 aromatic heterocycles. The topological polar surface area (TPSA) is 80.2 Å². The second-order valence-electron chi connectivity index (χ2n) is 5.31. The van der Waals surface area contributed by atoms with Gasteiger partial charge in [0.2, 0.25) is 0 Å². The fourth-order valence-electron chi connectivity index (χ4n) is 2.76. The van der Waals surface area contributed by atoms with E-state index in [9.17, 15) is 0 Å². The van der Waals surface area contributed by atoms with E-state index < -0.39 is 0 Å². The number of anilines is 2. The van der Waals surface area contributed by atoms with E-state index in [-0.39, 0.29) is 0 Å². The molecule has 0 amide bonds. The van der Waals surface area contributed by atoms with E-state index in [2.05, 4.69) is 34.6 Å². The Bertz CT molecular complexity index is 571. The van der Waals surface area contributed by atoms with Gasteiger partial charge in [-0.1, -0.05) is 6.42 Å². The minimum atomic E-state index is 0.496. The molecule has 1 saturated heterocycles. The van der Waals surface area contributed by atoms with Crippen molar-refractivity contribution in [3.8, 4) is 0 Å². The summed E-state index contributed by atoms with van der Waals surface area (Å²) in [6, 6.07) is 4.75. The summed E-state index contributed by atoms with van der Waals surface area (Å²) in [6.07, 6.45) is 3.68. The summed E-state index contributed by atoms with van der Waals surface area (Å²) in [5, 5.41) is 10.1. The summed E-state index contributed by atoms with van der Waals surface area (Å²) in [5.41, 5.74) is 12.1. The number of hydrazine groups is 1. The van der Waals surface area contributed by atoms with Crippen LogP contribution in [0.2, 0.25) is 0 Å². The van der Waals surface area contributed by atoms with Crippen LogP contribution in [-0.2, 0) is 0 Å². The summed E-state index contributed by atoms with van der Waals surface area (Å²) in [6.45, 7) is 4.47. The molecule has 2 aromatic rings. The highest BCUT2D eigenvalue weighted by atomic mass is 16.6. The van der Waals surface area contributed by atoms with Gasteiger partial charge >= 0.3 is 0 Å². The highest BCUT2D eigenvalue weighted by Gasteiger charge is 2.25. The molecule has 2 heterocycles. The van der Waals surface area contributed by atoms with E-state index in [1.54, 1.807) is 0 Å². The first-order chi connectivity index (χ1) is 9.16. The fourth-order valence-corrected chi connectivity index (χ4v) is 2.76. The SMILES string of the molecule is CC1CCCC(C)N1Nc1ccc(N)c2nonc12. The first-order valence-corrected chi connectivity index (χ1v) is 6.72. The minimum Gasteiger partial charge on any atom is -0.397 e. The molecule has 3 rings (SSSR count). The van der Waals surface area contributed by atoms with Crippen LogP contribution in [0.3, 0.4) is 0 Å². The lowest BCUT2D eigenvalue weighted by Crippen LogP contribution is -2.47. The summed E-state index contributed by atoms with van der Waals surface area (Å²) in [5.74, 6) is 0. The molecule has 19 heavy (non-hydrogen) atoms. The zero-order chi connectivity index (χ0) is 13.4. The van der Waals surface area contributed by atoms with Gasteiger partial charge in [-0.25, -0.2) is 9.64 Å². The molecule has 0 aliphatic carbocycles. The summed E-state index contributed by atoms with van der Waals surface area (Å²) in [4.78, 5) is 0. The Kier molecular flexibility index (Phi) is 3.02. The van der Waals surface area contributed by atoms with E-state index >= 15 is 0 Å². The van der Waals surface area contributed by atoms with Crippen molar-refractivity contribution < 1.29 is 4.63 Å². The molecule has 2 atom stereocenters. The van der Waals surface area contributed by atoms with Crippen molar-refractivity contribution in [2.45, 2.75) is 45.2 Å². The summed E-state index contributed by atoms with van der Waals surface area (Å²) < 4.78 is 4.79. The quantitative estimate of drug-likeness (QED) is 0.808. The van der Waals surface area contributed by atoms with Crippen LogP contribution in [0.1, 0.15) is 33.1 Å². The Morgan fingerprint density at radius 2 is 1.89 bits per heavy atom. The summed E-state index contributed by atoms with van der Waals surface area (Å²) >= 11 is 0. The molecule has 1 aliphatic rings. The molecule has 2 unspecified atom stereocenters. The number of hydrogen-bond acceptors (Lipinski definition) is 6. The van der Waals surface area contributed by atoms with Gasteiger partial charge in [-0.3, -0.25) is 0 Å². The highest BCUT2D eigenvalue weighted by molar-refractivity contribution is 5.94. The van der Waals surface area contributed by atoms with Gasteiger partial charge in [0.25, 0.3) is 0 Å². The van der Waals surface area contributed by atoms with Gasteiger partial charge in [0.05, 0.1) is 11.4 Å². The maximum atomic E-state index is 5.85. The third-order valence-corrected chi connectivity index (χ3v) is 3.89. The van der Waals surface area contributed by atoms with Crippen LogP contribution < -0.4 is 11.2 Å². The molecule has 0 bridgehead atoms. The van der Waals surface area contributed by atoms with E-state index in [1.165, 1.54) is 19.3 Å². The van der Waals surface area contributed by atoms with Crippen molar-refractivity contribution in [3.05, 3.63) is 12.1 Å². The van der Waals surface area contributed by atoms with Gasteiger partial charge in [-0.2, -0.15) is 0 Å². The number of fused-ring (bicyclic) bond motifs is 1. The van der Waals surface area contributed by atoms with E-state index in [0.29, 0.717) is 28.8 Å². The van der Waals surface area contributed by atoms with E-state index in [4.69, 9.17) is 10.4 Å². The molecule has 1 aliphatic heterocycles. The fraction of sp³-hybridized carbons (Fsp3) is 0.538. The predicted octanol–water partition coefficient (Wildman–Crippen LogP) is 2.39. The van der Waals surface area contributed by atoms with E-state index in [0.717, 1.165) is 5.69 Å². The molecule has 1 fully saturated rings. The number of rotatable bonds is 2. The highest BCUT2D eigenvalue weighted by Crippen LogP contribution is 2.28. The number of nitrogens with zero attached hydrogens (tertiary/aromatic N) is 3. The van der Waals surface area contributed by atoms with Crippen LogP contribution in [0.25, 0.3) is 11.0 Å². The summed E-state index contributed by atoms with van der Waals surface area (Å²) in [7, 11) is 0. The van der Waals surface area contributed by atoms with Crippen LogP contribution in [0, 0.1) is 0 Å². The van der Waals surface area contributed by atoms with Crippen LogP contribution in [0.15, 0.2) is 16.8 Å². The van der Waals surface area contributed by atoms with Crippen LogP contribution in [0.5, 0.6) is 0 Å². The van der Waals surface area contributed by atoms with Crippen molar-refractivity contribution in [2.24, 2.45) is 0 Å². The number of nitrogens with two attached hydrogens (primary N) is 1. The van der Waals surface area contributed by atoms with Crippen LogP contribution in [0.4, 0.5) is 11.4 Å². The zero-order valence-electron chi connectivity index (χ0n) is 11.3. The van der Waals surface area contributed by atoms with Crippen LogP contribution >= 0.6 is 0 Å². The Balaban J connectivity index is 1.92. The molecular weight excluding hydrogens is 242 g/mol. The Morgan fingerprint density at radius 1 is 1.21 bits per heavy atom. The van der Waals surface area contributed by atoms with Gasteiger partial charge in [0.1, 0.15) is 0 Å². The lowest BCUT2D eigenvalue weighted by atomic mass is 10.00. The Morgan fingerprint density at radius 3 is 2.63 bits per heavy atom. The smallest absolute Gasteiger partial charge is 0.161 e. The number of hydrogen-bond donors (Lipinski definition) is 2. The molecule has 3 N–H and O–H groups in total. The van der Waals surface area contributed by atoms with Gasteiger partial charge in [-0.05, 0) is 49.1 Å². The first-order valence-electron chi connectivity index (χ1n) is 6.72. The maximum Gasteiger partial charge on any atom is 0.161 e. The second kappa shape index (κ2) is 4.70. The molecule has 1 aromatic carbocycles. The lowest BCUT2D eigenvalue weighted by molar-refractivity contribution is 0.136. The van der Waals surface area contributed by atoms with Crippen molar-refractivity contribution in [1.82, 2.24) is 15.3 Å². The zero-order valence-corrected chi connectivity index (χ0v) is 11.3. The van der Waals surface area contributed by atoms with Gasteiger partial charge in [0.15, 0.2) is 11.0 Å². The monoisotopic (exact) mass is 261 g/mol. The normalized spacial score (nSPS) is 24.7. The number of nitrogens with one attached hydrogen (secondary N) is 1. The number of nitrogen functional groups attached to an aromatic ring is 1. The molecule has 0 radical (unpaired) electrons. The van der Waals surface area contributed by atoms with Crippen LogP contribution in [-0.4, -0.2) is 27.4 Å². The number of aromatic nitrogens is 2. The third kappa shape index (κ3) is 2.12. The molecule has 6 nitrogen and oxygen atoms in total.